The highest BCUT2D eigenvalue weighted by atomic mass is 16.5. The molecular weight excluding hydrogens is 364 g/mol. The maximum Gasteiger partial charge on any atom is 0.230 e. The maximum atomic E-state index is 6.22. The molecule has 146 valence electrons. The summed E-state index contributed by atoms with van der Waals surface area (Å²) in [7, 11) is 1.65. The van der Waals surface area contributed by atoms with Gasteiger partial charge in [-0.2, -0.15) is 0 Å². The SMILES string of the molecule is COc1ccc(N=c2oc3ccccc3cc2-c2nnc3n2CCCCC3)cc1. The highest BCUT2D eigenvalue weighted by Gasteiger charge is 2.19. The predicted octanol–water partition coefficient (Wildman–Crippen LogP) is 4.66. The quantitative estimate of drug-likeness (QED) is 0.514. The minimum absolute atomic E-state index is 0.535. The molecule has 0 aliphatic carbocycles. The topological polar surface area (TPSA) is 65.4 Å². The van der Waals surface area contributed by atoms with E-state index in [0.29, 0.717) is 5.55 Å². The zero-order chi connectivity index (χ0) is 19.6. The number of ether oxygens (including phenoxy) is 1. The number of methoxy groups -OCH3 is 1. The van der Waals surface area contributed by atoms with E-state index < -0.39 is 0 Å². The van der Waals surface area contributed by atoms with Crippen molar-refractivity contribution >= 4 is 16.7 Å². The van der Waals surface area contributed by atoms with Gasteiger partial charge < -0.3 is 13.7 Å². The van der Waals surface area contributed by atoms with Crippen LogP contribution in [0, 0.1) is 0 Å². The summed E-state index contributed by atoms with van der Waals surface area (Å²) in [6.07, 6.45) is 4.47. The van der Waals surface area contributed by atoms with E-state index in [-0.39, 0.29) is 0 Å². The first-order valence-corrected chi connectivity index (χ1v) is 9.96. The van der Waals surface area contributed by atoms with Crippen LogP contribution in [0.4, 0.5) is 5.69 Å². The van der Waals surface area contributed by atoms with E-state index in [9.17, 15) is 0 Å². The van der Waals surface area contributed by atoms with E-state index in [1.54, 1.807) is 7.11 Å². The van der Waals surface area contributed by atoms with Gasteiger partial charge >= 0.3 is 0 Å². The van der Waals surface area contributed by atoms with E-state index in [4.69, 9.17) is 14.1 Å². The number of aryl methyl sites for hydroxylation is 1. The van der Waals surface area contributed by atoms with Crippen LogP contribution in [0.25, 0.3) is 22.4 Å². The summed E-state index contributed by atoms with van der Waals surface area (Å²) in [5, 5.41) is 9.99. The van der Waals surface area contributed by atoms with Gasteiger partial charge in [-0.25, -0.2) is 4.99 Å². The highest BCUT2D eigenvalue weighted by Crippen LogP contribution is 2.25. The number of hydrogen-bond acceptors (Lipinski definition) is 5. The standard InChI is InChI=1S/C23H22N4O2/c1-28-18-12-10-17(11-13-18)24-23-19(15-16-7-4-5-8-20(16)29-23)22-26-25-21-9-3-2-6-14-27(21)22/h4-5,7-8,10-13,15H,2-3,6,9,14H2,1H3. The smallest absolute Gasteiger partial charge is 0.230 e. The number of benzene rings is 2. The van der Waals surface area contributed by atoms with Gasteiger partial charge in [0.1, 0.15) is 17.2 Å². The third-order valence-electron chi connectivity index (χ3n) is 5.31. The van der Waals surface area contributed by atoms with Crippen LogP contribution >= 0.6 is 0 Å². The number of rotatable bonds is 3. The Hall–Kier alpha value is -3.41. The fraction of sp³-hybridized carbons (Fsp3) is 0.261. The summed E-state index contributed by atoms with van der Waals surface area (Å²) in [4.78, 5) is 4.79. The molecule has 0 saturated carbocycles. The van der Waals surface area contributed by atoms with Gasteiger partial charge in [-0.05, 0) is 49.2 Å². The zero-order valence-electron chi connectivity index (χ0n) is 16.3. The highest BCUT2D eigenvalue weighted by molar-refractivity contribution is 5.80. The van der Waals surface area contributed by atoms with Crippen LogP contribution in [0.5, 0.6) is 5.75 Å². The lowest BCUT2D eigenvalue weighted by atomic mass is 10.1. The van der Waals surface area contributed by atoms with Crippen molar-refractivity contribution < 1.29 is 9.15 Å². The molecule has 3 heterocycles. The van der Waals surface area contributed by atoms with Crippen molar-refractivity contribution in [2.75, 3.05) is 7.11 Å². The summed E-state index contributed by atoms with van der Waals surface area (Å²) >= 11 is 0. The average molecular weight is 386 g/mol. The van der Waals surface area contributed by atoms with Crippen molar-refractivity contribution in [1.29, 1.82) is 0 Å². The Morgan fingerprint density at radius 1 is 1.00 bits per heavy atom. The van der Waals surface area contributed by atoms with Crippen LogP contribution in [0.2, 0.25) is 0 Å². The minimum atomic E-state index is 0.535. The van der Waals surface area contributed by atoms with Gasteiger partial charge in [0, 0.05) is 18.4 Å². The molecule has 0 bridgehead atoms. The third kappa shape index (κ3) is 3.42. The lowest BCUT2D eigenvalue weighted by Crippen LogP contribution is -2.11. The van der Waals surface area contributed by atoms with Crippen molar-refractivity contribution in [2.45, 2.75) is 32.2 Å². The van der Waals surface area contributed by atoms with Crippen molar-refractivity contribution in [1.82, 2.24) is 14.8 Å². The second-order valence-electron chi connectivity index (χ2n) is 7.22. The molecular formula is C23H22N4O2. The minimum Gasteiger partial charge on any atom is -0.497 e. The lowest BCUT2D eigenvalue weighted by Gasteiger charge is -2.08. The summed E-state index contributed by atoms with van der Waals surface area (Å²) in [6, 6.07) is 17.7. The van der Waals surface area contributed by atoms with Gasteiger partial charge in [0.05, 0.1) is 18.4 Å². The number of hydrogen-bond donors (Lipinski definition) is 0. The Balaban J connectivity index is 1.72. The van der Waals surface area contributed by atoms with Crippen LogP contribution < -0.4 is 10.3 Å². The predicted molar refractivity (Wildman–Crippen MR) is 111 cm³/mol. The Bertz CT molecular complexity index is 1220. The molecule has 0 fully saturated rings. The summed E-state index contributed by atoms with van der Waals surface area (Å²) in [5.74, 6) is 2.66. The molecule has 29 heavy (non-hydrogen) atoms. The fourth-order valence-corrected chi connectivity index (χ4v) is 3.77. The molecule has 6 heteroatoms. The first kappa shape index (κ1) is 17.7. The van der Waals surface area contributed by atoms with Gasteiger partial charge in [0.2, 0.25) is 5.55 Å². The number of nitrogens with zero attached hydrogens (tertiary/aromatic N) is 4. The number of fused-ring (bicyclic) bond motifs is 2. The molecule has 0 N–H and O–H groups in total. The van der Waals surface area contributed by atoms with E-state index >= 15 is 0 Å². The van der Waals surface area contributed by atoms with Crippen molar-refractivity contribution in [3.05, 3.63) is 66.0 Å². The van der Waals surface area contributed by atoms with Crippen LogP contribution in [-0.2, 0) is 13.0 Å². The lowest BCUT2D eigenvalue weighted by molar-refractivity contribution is 0.415. The average Bonchev–Trinajstić information content (AvgIpc) is 3.01. The number of aromatic nitrogens is 3. The zero-order valence-corrected chi connectivity index (χ0v) is 16.3. The normalized spacial score (nSPS) is 14.6. The third-order valence-corrected chi connectivity index (χ3v) is 5.31. The second-order valence-corrected chi connectivity index (χ2v) is 7.22. The van der Waals surface area contributed by atoms with E-state index in [2.05, 4.69) is 20.8 Å². The molecule has 0 saturated heterocycles. The van der Waals surface area contributed by atoms with E-state index in [1.807, 2.05) is 48.5 Å². The van der Waals surface area contributed by atoms with Gasteiger partial charge in [0.15, 0.2) is 5.82 Å². The molecule has 2 aromatic heterocycles. The molecule has 2 aromatic carbocycles. The fourth-order valence-electron chi connectivity index (χ4n) is 3.77. The van der Waals surface area contributed by atoms with Gasteiger partial charge in [-0.3, -0.25) is 0 Å². The van der Waals surface area contributed by atoms with Crippen LogP contribution in [-0.4, -0.2) is 21.9 Å². The van der Waals surface area contributed by atoms with Crippen LogP contribution in [0.1, 0.15) is 25.1 Å². The Morgan fingerprint density at radius 2 is 1.86 bits per heavy atom. The van der Waals surface area contributed by atoms with Crippen molar-refractivity contribution in [3.63, 3.8) is 0 Å². The van der Waals surface area contributed by atoms with Crippen LogP contribution in [0.15, 0.2) is 64.0 Å². The number of para-hydroxylation sites is 1. The molecule has 0 unspecified atom stereocenters. The maximum absolute atomic E-state index is 6.22. The van der Waals surface area contributed by atoms with Crippen LogP contribution in [0.3, 0.4) is 0 Å². The van der Waals surface area contributed by atoms with Gasteiger partial charge in [-0.1, -0.05) is 24.6 Å². The molecule has 5 rings (SSSR count). The molecule has 6 nitrogen and oxygen atoms in total. The summed E-state index contributed by atoms with van der Waals surface area (Å²) < 4.78 is 13.7. The Morgan fingerprint density at radius 3 is 2.72 bits per heavy atom. The van der Waals surface area contributed by atoms with Crippen molar-refractivity contribution in [2.24, 2.45) is 4.99 Å². The van der Waals surface area contributed by atoms with Gasteiger partial charge in [0.25, 0.3) is 0 Å². The van der Waals surface area contributed by atoms with Gasteiger partial charge in [-0.15, -0.1) is 10.2 Å². The monoisotopic (exact) mass is 386 g/mol. The first-order valence-electron chi connectivity index (χ1n) is 9.96. The Labute approximate surface area is 168 Å². The summed E-state index contributed by atoms with van der Waals surface area (Å²) in [6.45, 7) is 0.923. The largest absolute Gasteiger partial charge is 0.497 e. The molecule has 0 atom stereocenters. The first-order chi connectivity index (χ1) is 14.3. The molecule has 1 aliphatic heterocycles. The summed E-state index contributed by atoms with van der Waals surface area (Å²) in [5.41, 5.74) is 2.98. The molecule has 0 spiro atoms. The molecule has 1 aliphatic rings. The molecule has 4 aromatic rings. The second kappa shape index (κ2) is 7.54. The van der Waals surface area contributed by atoms with Crippen molar-refractivity contribution in [3.8, 4) is 17.1 Å². The Kier molecular flexibility index (Phi) is 4.60. The van der Waals surface area contributed by atoms with E-state index in [0.717, 1.165) is 65.4 Å². The van der Waals surface area contributed by atoms with E-state index in [1.165, 1.54) is 6.42 Å². The molecule has 0 amide bonds. The molecule has 0 radical (unpaired) electrons.